The second-order valence-corrected chi connectivity index (χ2v) is 10.7. The summed E-state index contributed by atoms with van der Waals surface area (Å²) in [4.78, 5) is 20.1. The lowest BCUT2D eigenvalue weighted by Crippen LogP contribution is -2.55. The fourth-order valence-corrected chi connectivity index (χ4v) is 5.63. The van der Waals surface area contributed by atoms with Gasteiger partial charge in [-0.25, -0.2) is 4.79 Å². The van der Waals surface area contributed by atoms with Crippen LogP contribution in [0.1, 0.15) is 57.9 Å². The van der Waals surface area contributed by atoms with Gasteiger partial charge in [0.05, 0.1) is 5.54 Å². The zero-order chi connectivity index (χ0) is 20.9. The Balaban J connectivity index is 1.59. The maximum absolute atomic E-state index is 13.4. The molecule has 1 aliphatic heterocycles. The third-order valence-corrected chi connectivity index (χ3v) is 7.47. The minimum Gasteiger partial charge on any atom is -0.324 e. The van der Waals surface area contributed by atoms with Gasteiger partial charge in [0.2, 0.25) is 0 Å². The largest absolute Gasteiger partial charge is 0.324 e. The summed E-state index contributed by atoms with van der Waals surface area (Å²) in [5.41, 5.74) is 7.36. The summed E-state index contributed by atoms with van der Waals surface area (Å²) in [5, 5.41) is 0. The van der Waals surface area contributed by atoms with Crippen LogP contribution in [0.15, 0.2) is 30.3 Å². The van der Waals surface area contributed by atoms with E-state index in [1.807, 2.05) is 18.7 Å². The molecule has 3 aliphatic rings. The first-order chi connectivity index (χ1) is 13.7. The molecule has 0 bridgehead atoms. The molecule has 1 aromatic carbocycles. The Morgan fingerprint density at radius 2 is 1.72 bits per heavy atom. The van der Waals surface area contributed by atoms with E-state index in [9.17, 15) is 4.79 Å². The van der Waals surface area contributed by atoms with Crippen LogP contribution in [0.3, 0.4) is 0 Å². The average Bonchev–Trinajstić information content (AvgIpc) is 3.45. The van der Waals surface area contributed by atoms with Crippen molar-refractivity contribution in [2.75, 3.05) is 33.7 Å². The molecule has 3 fully saturated rings. The summed E-state index contributed by atoms with van der Waals surface area (Å²) >= 11 is 0. The Morgan fingerprint density at radius 1 is 1.10 bits per heavy atom. The Bertz CT molecular complexity index is 727. The predicted molar refractivity (Wildman–Crippen MR) is 118 cm³/mol. The van der Waals surface area contributed by atoms with Gasteiger partial charge in [0.15, 0.2) is 0 Å². The van der Waals surface area contributed by atoms with E-state index in [0.717, 1.165) is 38.8 Å². The van der Waals surface area contributed by atoms with Gasteiger partial charge in [-0.3, -0.25) is 4.90 Å². The van der Waals surface area contributed by atoms with Crippen LogP contribution >= 0.6 is 0 Å². The number of hydrogen-bond donors (Lipinski definition) is 1. The van der Waals surface area contributed by atoms with E-state index < -0.39 is 0 Å². The zero-order valence-corrected chi connectivity index (χ0v) is 18.7. The number of hydrogen-bond acceptors (Lipinski definition) is 3. The van der Waals surface area contributed by atoms with E-state index >= 15 is 0 Å². The van der Waals surface area contributed by atoms with Gasteiger partial charge in [0.1, 0.15) is 0 Å². The Kier molecular flexibility index (Phi) is 5.19. The number of carbonyl (C=O) groups excluding carboxylic acids is 1. The van der Waals surface area contributed by atoms with Crippen molar-refractivity contribution in [3.05, 3.63) is 35.9 Å². The molecular weight excluding hydrogens is 360 g/mol. The fraction of sp³-hybridized carbons (Fsp3) is 0.708. The summed E-state index contributed by atoms with van der Waals surface area (Å²) in [5.74, 6) is 0.705. The molecule has 2 saturated carbocycles. The van der Waals surface area contributed by atoms with Gasteiger partial charge in [0.25, 0.3) is 0 Å². The quantitative estimate of drug-likeness (QED) is 0.796. The van der Waals surface area contributed by atoms with Crippen molar-refractivity contribution in [3.63, 3.8) is 0 Å². The smallest absolute Gasteiger partial charge is 0.320 e. The van der Waals surface area contributed by atoms with E-state index in [1.54, 1.807) is 0 Å². The second-order valence-electron chi connectivity index (χ2n) is 10.7. The standard InChI is InChI=1S/C24H38N4O/c1-22(2,25)17-27-18-23(28(21(27)29)16-19-10-11-19)12-14-24(15-13-23,26(3)4)20-8-6-5-7-9-20/h5-9,19H,10-18,25H2,1-4H3. The van der Waals surface area contributed by atoms with Crippen LogP contribution in [0.2, 0.25) is 0 Å². The Labute approximate surface area is 176 Å². The van der Waals surface area contributed by atoms with Crippen molar-refractivity contribution in [3.8, 4) is 0 Å². The van der Waals surface area contributed by atoms with Crippen molar-refractivity contribution >= 4 is 6.03 Å². The Morgan fingerprint density at radius 3 is 2.24 bits per heavy atom. The highest BCUT2D eigenvalue weighted by molar-refractivity contribution is 5.78. The van der Waals surface area contributed by atoms with Gasteiger partial charge >= 0.3 is 6.03 Å². The topological polar surface area (TPSA) is 52.8 Å². The molecule has 1 heterocycles. The van der Waals surface area contributed by atoms with Crippen molar-refractivity contribution in [1.82, 2.24) is 14.7 Å². The lowest BCUT2D eigenvalue weighted by Gasteiger charge is -2.51. The average molecular weight is 399 g/mol. The SMILES string of the molecule is CN(C)C1(c2ccccc2)CCC2(CC1)CN(CC(C)(C)N)C(=O)N2CC1CC1. The molecule has 0 aromatic heterocycles. The molecule has 2 aliphatic carbocycles. The minimum absolute atomic E-state index is 0.0286. The monoisotopic (exact) mass is 398 g/mol. The van der Waals surface area contributed by atoms with Crippen LogP contribution in [0, 0.1) is 5.92 Å². The molecule has 0 radical (unpaired) electrons. The molecule has 29 heavy (non-hydrogen) atoms. The van der Waals surface area contributed by atoms with E-state index in [2.05, 4.69) is 54.2 Å². The summed E-state index contributed by atoms with van der Waals surface area (Å²) in [6.45, 7) is 6.43. The molecule has 1 saturated heterocycles. The minimum atomic E-state index is -0.363. The maximum atomic E-state index is 13.4. The van der Waals surface area contributed by atoms with Crippen molar-refractivity contribution in [2.45, 2.75) is 69.0 Å². The van der Waals surface area contributed by atoms with Crippen LogP contribution in [0.25, 0.3) is 0 Å². The molecule has 0 atom stereocenters. The van der Waals surface area contributed by atoms with Gasteiger partial charge in [-0.1, -0.05) is 30.3 Å². The molecule has 2 N–H and O–H groups in total. The van der Waals surface area contributed by atoms with E-state index in [0.29, 0.717) is 12.5 Å². The van der Waals surface area contributed by atoms with Gasteiger partial charge in [-0.2, -0.15) is 0 Å². The van der Waals surface area contributed by atoms with Crippen LogP contribution < -0.4 is 5.73 Å². The van der Waals surface area contributed by atoms with Crippen LogP contribution in [-0.2, 0) is 5.54 Å². The summed E-state index contributed by atoms with van der Waals surface area (Å²) < 4.78 is 0. The highest BCUT2D eigenvalue weighted by atomic mass is 16.2. The van der Waals surface area contributed by atoms with Crippen molar-refractivity contribution < 1.29 is 4.79 Å². The van der Waals surface area contributed by atoms with Crippen LogP contribution in [-0.4, -0.2) is 65.5 Å². The molecule has 0 unspecified atom stereocenters. The summed E-state index contributed by atoms with van der Waals surface area (Å²) in [6.07, 6.45) is 6.82. The van der Waals surface area contributed by atoms with E-state index in [-0.39, 0.29) is 22.6 Å². The molecule has 1 aromatic rings. The highest BCUT2D eigenvalue weighted by Gasteiger charge is 2.55. The molecule has 1 spiro atoms. The van der Waals surface area contributed by atoms with Crippen LogP contribution in [0.5, 0.6) is 0 Å². The first kappa shape index (κ1) is 20.7. The normalized spacial score (nSPS) is 30.6. The molecule has 160 valence electrons. The van der Waals surface area contributed by atoms with E-state index in [4.69, 9.17) is 5.73 Å². The first-order valence-corrected chi connectivity index (χ1v) is 11.2. The number of amides is 2. The van der Waals surface area contributed by atoms with Gasteiger partial charge < -0.3 is 15.5 Å². The summed E-state index contributed by atoms with van der Waals surface area (Å²) in [7, 11) is 4.41. The number of nitrogens with zero attached hydrogens (tertiary/aromatic N) is 3. The molecular formula is C24H38N4O. The second kappa shape index (κ2) is 7.28. The number of carbonyl (C=O) groups is 1. The zero-order valence-electron chi connectivity index (χ0n) is 18.7. The third kappa shape index (κ3) is 3.91. The maximum Gasteiger partial charge on any atom is 0.320 e. The Hall–Kier alpha value is -1.59. The number of urea groups is 1. The fourth-order valence-electron chi connectivity index (χ4n) is 5.63. The van der Waals surface area contributed by atoms with Gasteiger partial charge in [-0.05, 0) is 77.9 Å². The number of nitrogens with two attached hydrogens (primary N) is 1. The van der Waals surface area contributed by atoms with Gasteiger partial charge in [0, 0.05) is 30.7 Å². The lowest BCUT2D eigenvalue weighted by atomic mass is 9.68. The van der Waals surface area contributed by atoms with Crippen molar-refractivity contribution in [1.29, 1.82) is 0 Å². The molecule has 5 nitrogen and oxygen atoms in total. The molecule has 4 rings (SSSR count). The highest BCUT2D eigenvalue weighted by Crippen LogP contribution is 2.50. The van der Waals surface area contributed by atoms with Crippen molar-refractivity contribution in [2.24, 2.45) is 11.7 Å². The molecule has 2 amide bonds. The van der Waals surface area contributed by atoms with E-state index in [1.165, 1.54) is 18.4 Å². The predicted octanol–water partition coefficient (Wildman–Crippen LogP) is 3.64. The van der Waals surface area contributed by atoms with Crippen LogP contribution in [0.4, 0.5) is 4.79 Å². The number of rotatable bonds is 6. The first-order valence-electron chi connectivity index (χ1n) is 11.2. The third-order valence-electron chi connectivity index (χ3n) is 7.47. The molecule has 5 heteroatoms. The van der Waals surface area contributed by atoms with Gasteiger partial charge in [-0.15, -0.1) is 0 Å². The lowest BCUT2D eigenvalue weighted by molar-refractivity contribution is 0.0231. The number of benzene rings is 1. The summed E-state index contributed by atoms with van der Waals surface area (Å²) in [6, 6.07) is 11.1.